The van der Waals surface area contributed by atoms with Crippen LogP contribution in [0, 0.1) is 0 Å². The number of carbonyl (C=O) groups is 1. The van der Waals surface area contributed by atoms with Crippen molar-refractivity contribution < 1.29 is 27.4 Å². The molecule has 1 aromatic carbocycles. The number of allylic oxidation sites excluding steroid dienone is 2. The van der Waals surface area contributed by atoms with Gasteiger partial charge in [-0.25, -0.2) is 9.78 Å². The van der Waals surface area contributed by atoms with Crippen LogP contribution in [0.1, 0.15) is 29.5 Å². The number of nitrogens with one attached hydrogen (secondary N) is 2. The molecule has 0 radical (unpaired) electrons. The standard InChI is InChI=1S/C17H14F3N3O4/c1-8-13(27-16(25)26-2)11(12-14(23-8)21-7-22-15(12)24)9-5-3-4-6-10(9)17(18,19)20/h3-7,11H,1-2H3,(H2,21,22,23,24). The molecule has 2 aromatic rings. The molecular formula is C17H14F3N3O4. The highest BCUT2D eigenvalue weighted by atomic mass is 19.4. The summed E-state index contributed by atoms with van der Waals surface area (Å²) in [6, 6.07) is 4.76. The fourth-order valence-electron chi connectivity index (χ4n) is 2.94. The smallest absolute Gasteiger partial charge is 0.437 e. The predicted octanol–water partition coefficient (Wildman–Crippen LogP) is 3.36. The lowest BCUT2D eigenvalue weighted by atomic mass is 9.84. The topological polar surface area (TPSA) is 93.3 Å². The number of ether oxygens (including phenoxy) is 2. The Morgan fingerprint density at radius 1 is 1.26 bits per heavy atom. The molecule has 0 amide bonds. The molecule has 0 aliphatic carbocycles. The van der Waals surface area contributed by atoms with Crippen LogP contribution in [0.15, 0.2) is 46.8 Å². The number of fused-ring (bicyclic) bond motifs is 1. The van der Waals surface area contributed by atoms with E-state index < -0.39 is 29.4 Å². The van der Waals surface area contributed by atoms with Crippen molar-refractivity contribution in [3.63, 3.8) is 0 Å². The molecule has 0 spiro atoms. The number of methoxy groups -OCH3 is 1. The molecule has 142 valence electrons. The van der Waals surface area contributed by atoms with E-state index in [4.69, 9.17) is 4.74 Å². The van der Waals surface area contributed by atoms with E-state index >= 15 is 0 Å². The summed E-state index contributed by atoms with van der Waals surface area (Å²) in [4.78, 5) is 30.4. The van der Waals surface area contributed by atoms with Gasteiger partial charge < -0.3 is 19.8 Å². The van der Waals surface area contributed by atoms with Gasteiger partial charge in [0, 0.05) is 0 Å². The molecule has 0 saturated heterocycles. The van der Waals surface area contributed by atoms with Gasteiger partial charge in [-0.15, -0.1) is 0 Å². The Morgan fingerprint density at radius 3 is 2.63 bits per heavy atom. The van der Waals surface area contributed by atoms with E-state index in [2.05, 4.69) is 20.0 Å². The van der Waals surface area contributed by atoms with E-state index in [1.807, 2.05) is 0 Å². The lowest BCUT2D eigenvalue weighted by Crippen LogP contribution is -2.30. The molecule has 1 atom stereocenters. The normalized spacial score (nSPS) is 16.4. The highest BCUT2D eigenvalue weighted by Gasteiger charge is 2.41. The van der Waals surface area contributed by atoms with Crippen molar-refractivity contribution in [3.05, 3.63) is 69.1 Å². The van der Waals surface area contributed by atoms with Gasteiger partial charge in [0.1, 0.15) is 11.6 Å². The minimum Gasteiger partial charge on any atom is -0.437 e. The maximum absolute atomic E-state index is 13.6. The van der Waals surface area contributed by atoms with Crippen molar-refractivity contribution in [1.82, 2.24) is 9.97 Å². The Kier molecular flexibility index (Phi) is 4.64. The van der Waals surface area contributed by atoms with Crippen molar-refractivity contribution in [2.45, 2.75) is 19.0 Å². The molecule has 1 aliphatic heterocycles. The molecule has 2 N–H and O–H groups in total. The molecule has 7 nitrogen and oxygen atoms in total. The third kappa shape index (κ3) is 3.37. The average molecular weight is 381 g/mol. The summed E-state index contributed by atoms with van der Waals surface area (Å²) >= 11 is 0. The first-order valence-electron chi connectivity index (χ1n) is 7.71. The number of H-pyrrole nitrogens is 1. The van der Waals surface area contributed by atoms with Gasteiger partial charge >= 0.3 is 12.3 Å². The second kappa shape index (κ2) is 6.78. The van der Waals surface area contributed by atoms with Gasteiger partial charge in [-0.05, 0) is 18.6 Å². The van der Waals surface area contributed by atoms with Gasteiger partial charge in [-0.2, -0.15) is 13.2 Å². The molecule has 0 saturated carbocycles. The number of anilines is 1. The maximum Gasteiger partial charge on any atom is 0.513 e. The lowest BCUT2D eigenvalue weighted by molar-refractivity contribution is -0.138. The van der Waals surface area contributed by atoms with Crippen molar-refractivity contribution in [1.29, 1.82) is 0 Å². The lowest BCUT2D eigenvalue weighted by Gasteiger charge is -2.29. The molecule has 2 heterocycles. The van der Waals surface area contributed by atoms with Gasteiger partial charge in [0.25, 0.3) is 5.56 Å². The number of aromatic amines is 1. The van der Waals surface area contributed by atoms with Crippen molar-refractivity contribution in [2.75, 3.05) is 12.4 Å². The van der Waals surface area contributed by atoms with Gasteiger partial charge in [-0.1, -0.05) is 18.2 Å². The number of alkyl halides is 3. The van der Waals surface area contributed by atoms with Crippen molar-refractivity contribution in [3.8, 4) is 0 Å². The SMILES string of the molecule is COC(=O)OC1=C(C)Nc2nc[nH]c(=O)c2C1c1ccccc1C(F)(F)F. The number of halogens is 3. The Labute approximate surface area is 150 Å². The number of hydrogen-bond donors (Lipinski definition) is 2. The molecule has 10 heteroatoms. The Hall–Kier alpha value is -3.30. The quantitative estimate of drug-likeness (QED) is 0.775. The van der Waals surface area contributed by atoms with E-state index in [9.17, 15) is 22.8 Å². The summed E-state index contributed by atoms with van der Waals surface area (Å²) in [5.41, 5.74) is -1.73. The van der Waals surface area contributed by atoms with E-state index in [0.717, 1.165) is 19.5 Å². The molecule has 1 aliphatic rings. The Bertz CT molecular complexity index is 982. The van der Waals surface area contributed by atoms with Crippen LogP contribution in [0.4, 0.5) is 23.8 Å². The zero-order valence-corrected chi connectivity index (χ0v) is 14.2. The first-order chi connectivity index (χ1) is 12.7. The molecule has 1 unspecified atom stereocenters. The van der Waals surface area contributed by atoms with Crippen LogP contribution in [-0.2, 0) is 15.7 Å². The van der Waals surface area contributed by atoms with Crippen LogP contribution < -0.4 is 10.9 Å². The summed E-state index contributed by atoms with van der Waals surface area (Å²) in [7, 11) is 1.06. The minimum atomic E-state index is -4.68. The van der Waals surface area contributed by atoms with E-state index in [0.29, 0.717) is 0 Å². The Balaban J connectivity index is 2.30. The maximum atomic E-state index is 13.6. The van der Waals surface area contributed by atoms with E-state index in [-0.39, 0.29) is 28.4 Å². The van der Waals surface area contributed by atoms with Crippen LogP contribution in [0.3, 0.4) is 0 Å². The fourth-order valence-corrected chi connectivity index (χ4v) is 2.94. The number of hydrogen-bond acceptors (Lipinski definition) is 6. The summed E-state index contributed by atoms with van der Waals surface area (Å²) in [6.45, 7) is 1.49. The van der Waals surface area contributed by atoms with Crippen LogP contribution in [0.25, 0.3) is 0 Å². The van der Waals surface area contributed by atoms with Crippen LogP contribution in [0.2, 0.25) is 0 Å². The van der Waals surface area contributed by atoms with E-state index in [1.54, 1.807) is 0 Å². The van der Waals surface area contributed by atoms with Crippen LogP contribution in [-0.4, -0.2) is 23.2 Å². The van der Waals surface area contributed by atoms with Crippen molar-refractivity contribution >= 4 is 12.0 Å². The third-order valence-electron chi connectivity index (χ3n) is 4.05. The number of nitrogens with zero attached hydrogens (tertiary/aromatic N) is 1. The van der Waals surface area contributed by atoms with E-state index in [1.165, 1.54) is 25.1 Å². The fraction of sp³-hybridized carbons (Fsp3) is 0.235. The molecule has 27 heavy (non-hydrogen) atoms. The largest absolute Gasteiger partial charge is 0.513 e. The third-order valence-corrected chi connectivity index (χ3v) is 4.05. The zero-order chi connectivity index (χ0) is 19.8. The first kappa shape index (κ1) is 18.5. The van der Waals surface area contributed by atoms with Crippen LogP contribution >= 0.6 is 0 Å². The van der Waals surface area contributed by atoms with Gasteiger partial charge in [0.2, 0.25) is 0 Å². The number of aromatic nitrogens is 2. The van der Waals surface area contributed by atoms with Gasteiger partial charge in [0.15, 0.2) is 0 Å². The number of rotatable bonds is 2. The molecular weight excluding hydrogens is 367 g/mol. The Morgan fingerprint density at radius 2 is 1.96 bits per heavy atom. The minimum absolute atomic E-state index is 0.0791. The molecule has 3 rings (SSSR count). The summed E-state index contributed by atoms with van der Waals surface area (Å²) in [6.07, 6.45) is -4.68. The highest BCUT2D eigenvalue weighted by molar-refractivity contribution is 5.66. The van der Waals surface area contributed by atoms with Gasteiger partial charge in [-0.3, -0.25) is 4.79 Å². The second-order valence-corrected chi connectivity index (χ2v) is 5.68. The molecule has 0 bridgehead atoms. The first-order valence-corrected chi connectivity index (χ1v) is 7.71. The summed E-state index contributed by atoms with van der Waals surface area (Å²) in [5, 5.41) is 2.77. The average Bonchev–Trinajstić information content (AvgIpc) is 2.62. The summed E-state index contributed by atoms with van der Waals surface area (Å²) < 4.78 is 50.3. The van der Waals surface area contributed by atoms with Crippen LogP contribution in [0.5, 0.6) is 0 Å². The number of carbonyl (C=O) groups excluding carboxylic acids is 1. The summed E-state index contributed by atoms with van der Waals surface area (Å²) in [5.74, 6) is -1.41. The van der Waals surface area contributed by atoms with Gasteiger partial charge in [0.05, 0.1) is 36.2 Å². The molecule has 0 fully saturated rings. The van der Waals surface area contributed by atoms with Crippen molar-refractivity contribution in [2.24, 2.45) is 0 Å². The monoisotopic (exact) mass is 381 g/mol. The zero-order valence-electron chi connectivity index (χ0n) is 14.2. The highest BCUT2D eigenvalue weighted by Crippen LogP contribution is 2.44. The number of benzene rings is 1. The molecule has 1 aromatic heterocycles. The second-order valence-electron chi connectivity index (χ2n) is 5.68. The predicted molar refractivity (Wildman–Crippen MR) is 88.0 cm³/mol.